The maximum atomic E-state index is 5.81. The average molecular weight is 268 g/mol. The fourth-order valence-electron chi connectivity index (χ4n) is 2.53. The van der Waals surface area contributed by atoms with Crippen LogP contribution in [0, 0.1) is 0 Å². The standard InChI is InChI=1S/C12H20N4OS/c1-2-17-10-11(13)15-18-12(10)14-8-5-6-16(7-8)9-3-4-9/h8-9,14H,2-7H2,1H3,(H2,13,15). The number of hydrogen-bond acceptors (Lipinski definition) is 6. The van der Waals surface area contributed by atoms with Gasteiger partial charge in [-0.15, -0.1) is 0 Å². The lowest BCUT2D eigenvalue weighted by Gasteiger charge is -2.16. The third kappa shape index (κ3) is 2.40. The van der Waals surface area contributed by atoms with Gasteiger partial charge in [-0.3, -0.25) is 4.90 Å². The van der Waals surface area contributed by atoms with E-state index in [0.29, 0.717) is 18.5 Å². The van der Waals surface area contributed by atoms with Crippen molar-refractivity contribution in [2.24, 2.45) is 0 Å². The molecule has 1 saturated heterocycles. The molecule has 0 radical (unpaired) electrons. The Hall–Kier alpha value is -1.01. The van der Waals surface area contributed by atoms with Gasteiger partial charge in [0.05, 0.1) is 6.61 Å². The maximum absolute atomic E-state index is 5.81. The normalized spacial score (nSPS) is 24.4. The molecule has 0 bridgehead atoms. The molecular formula is C12H20N4OS. The number of aromatic nitrogens is 1. The summed E-state index contributed by atoms with van der Waals surface area (Å²) < 4.78 is 9.71. The largest absolute Gasteiger partial charge is 0.487 e. The Balaban J connectivity index is 1.62. The summed E-state index contributed by atoms with van der Waals surface area (Å²) in [6.07, 6.45) is 3.95. The molecule has 0 amide bonds. The summed E-state index contributed by atoms with van der Waals surface area (Å²) in [7, 11) is 0. The Kier molecular flexibility index (Phi) is 3.30. The minimum absolute atomic E-state index is 0.501. The molecule has 1 atom stereocenters. The fourth-order valence-corrected chi connectivity index (χ4v) is 3.27. The average Bonchev–Trinajstić information content (AvgIpc) is 3.03. The summed E-state index contributed by atoms with van der Waals surface area (Å²) >= 11 is 1.40. The minimum atomic E-state index is 0.501. The molecule has 100 valence electrons. The van der Waals surface area contributed by atoms with Crippen molar-refractivity contribution >= 4 is 22.4 Å². The predicted molar refractivity (Wildman–Crippen MR) is 74.3 cm³/mol. The number of likely N-dealkylation sites (tertiary alicyclic amines) is 1. The van der Waals surface area contributed by atoms with Gasteiger partial charge in [-0.1, -0.05) is 0 Å². The lowest BCUT2D eigenvalue weighted by atomic mass is 10.3. The second kappa shape index (κ2) is 4.93. The molecular weight excluding hydrogens is 248 g/mol. The van der Waals surface area contributed by atoms with Crippen molar-refractivity contribution in [3.8, 4) is 5.75 Å². The van der Waals surface area contributed by atoms with Crippen molar-refractivity contribution < 1.29 is 4.74 Å². The van der Waals surface area contributed by atoms with Crippen molar-refractivity contribution in [1.82, 2.24) is 9.27 Å². The van der Waals surface area contributed by atoms with Gasteiger partial charge in [0, 0.05) is 25.2 Å². The Labute approximate surface area is 111 Å². The molecule has 6 heteroatoms. The van der Waals surface area contributed by atoms with Gasteiger partial charge in [0.25, 0.3) is 0 Å². The summed E-state index contributed by atoms with van der Waals surface area (Å²) in [5.41, 5.74) is 5.81. The highest BCUT2D eigenvalue weighted by Gasteiger charge is 2.34. The van der Waals surface area contributed by atoms with Gasteiger partial charge in [-0.05, 0) is 37.7 Å². The number of nitrogens with zero attached hydrogens (tertiary/aromatic N) is 2. The van der Waals surface area contributed by atoms with E-state index in [1.165, 1.54) is 37.3 Å². The molecule has 0 spiro atoms. The number of ether oxygens (including phenoxy) is 1. The van der Waals surface area contributed by atoms with Crippen molar-refractivity contribution in [2.45, 2.75) is 38.3 Å². The zero-order chi connectivity index (χ0) is 12.5. The number of hydrogen-bond donors (Lipinski definition) is 2. The lowest BCUT2D eigenvalue weighted by molar-refractivity contribution is 0.325. The van der Waals surface area contributed by atoms with Crippen LogP contribution in [0.3, 0.4) is 0 Å². The van der Waals surface area contributed by atoms with Gasteiger partial charge in [0.2, 0.25) is 0 Å². The summed E-state index contributed by atoms with van der Waals surface area (Å²) in [5, 5.41) is 4.52. The van der Waals surface area contributed by atoms with Crippen LogP contribution in [-0.4, -0.2) is 41.1 Å². The van der Waals surface area contributed by atoms with Gasteiger partial charge in [0.15, 0.2) is 16.6 Å². The topological polar surface area (TPSA) is 63.4 Å². The summed E-state index contributed by atoms with van der Waals surface area (Å²) in [6, 6.07) is 1.36. The van der Waals surface area contributed by atoms with E-state index in [2.05, 4.69) is 14.6 Å². The first-order valence-corrected chi connectivity index (χ1v) is 7.43. The zero-order valence-corrected chi connectivity index (χ0v) is 11.5. The van der Waals surface area contributed by atoms with Crippen molar-refractivity contribution in [3.63, 3.8) is 0 Å². The smallest absolute Gasteiger partial charge is 0.197 e. The van der Waals surface area contributed by atoms with Crippen LogP contribution in [0.5, 0.6) is 5.75 Å². The number of nitrogen functional groups attached to an aromatic ring is 1. The first kappa shape index (κ1) is 12.0. The van der Waals surface area contributed by atoms with Crippen molar-refractivity contribution in [1.29, 1.82) is 0 Å². The molecule has 1 aromatic heterocycles. The van der Waals surface area contributed by atoms with E-state index in [1.54, 1.807) is 0 Å². The maximum Gasteiger partial charge on any atom is 0.197 e. The van der Waals surface area contributed by atoms with Gasteiger partial charge in [-0.25, -0.2) is 0 Å². The lowest BCUT2D eigenvalue weighted by Crippen LogP contribution is -2.27. The number of rotatable bonds is 5. The zero-order valence-electron chi connectivity index (χ0n) is 10.7. The fraction of sp³-hybridized carbons (Fsp3) is 0.750. The molecule has 1 saturated carbocycles. The highest BCUT2D eigenvalue weighted by molar-refractivity contribution is 7.11. The van der Waals surface area contributed by atoms with Gasteiger partial charge < -0.3 is 15.8 Å². The first-order chi connectivity index (χ1) is 8.78. The Morgan fingerprint density at radius 2 is 2.33 bits per heavy atom. The third-order valence-electron chi connectivity index (χ3n) is 3.58. The summed E-state index contributed by atoms with van der Waals surface area (Å²) in [4.78, 5) is 2.59. The first-order valence-electron chi connectivity index (χ1n) is 6.66. The van der Waals surface area contributed by atoms with E-state index in [9.17, 15) is 0 Å². The summed E-state index contributed by atoms with van der Waals surface area (Å²) in [5.74, 6) is 1.23. The van der Waals surface area contributed by atoms with Gasteiger partial charge in [0.1, 0.15) is 0 Å². The SMILES string of the molecule is CCOc1c(N)nsc1NC1CCN(C2CC2)C1. The highest BCUT2D eigenvalue weighted by atomic mass is 32.1. The highest BCUT2D eigenvalue weighted by Crippen LogP contribution is 2.37. The van der Waals surface area contributed by atoms with Crippen LogP contribution in [0.4, 0.5) is 10.8 Å². The van der Waals surface area contributed by atoms with E-state index in [0.717, 1.165) is 23.3 Å². The quantitative estimate of drug-likeness (QED) is 0.852. The van der Waals surface area contributed by atoms with E-state index in [1.807, 2.05) is 6.92 Å². The van der Waals surface area contributed by atoms with Gasteiger partial charge >= 0.3 is 0 Å². The van der Waals surface area contributed by atoms with E-state index in [4.69, 9.17) is 10.5 Å². The molecule has 5 nitrogen and oxygen atoms in total. The van der Waals surface area contributed by atoms with E-state index in [-0.39, 0.29) is 0 Å². The molecule has 0 aromatic carbocycles. The minimum Gasteiger partial charge on any atom is -0.487 e. The molecule has 2 aliphatic rings. The Bertz CT molecular complexity index is 418. The molecule has 1 unspecified atom stereocenters. The van der Waals surface area contributed by atoms with Crippen LogP contribution in [0.15, 0.2) is 0 Å². The second-order valence-corrected chi connectivity index (χ2v) is 5.79. The van der Waals surface area contributed by atoms with Gasteiger partial charge in [-0.2, -0.15) is 4.37 Å². The second-order valence-electron chi connectivity index (χ2n) is 5.02. The van der Waals surface area contributed by atoms with Crippen LogP contribution in [0.1, 0.15) is 26.2 Å². The van der Waals surface area contributed by atoms with Crippen LogP contribution < -0.4 is 15.8 Å². The molecule has 3 rings (SSSR count). The van der Waals surface area contributed by atoms with Crippen molar-refractivity contribution in [3.05, 3.63) is 0 Å². The molecule has 3 N–H and O–H groups in total. The molecule has 1 aliphatic heterocycles. The van der Waals surface area contributed by atoms with E-state index >= 15 is 0 Å². The molecule has 1 aromatic rings. The predicted octanol–water partition coefficient (Wildman–Crippen LogP) is 1.77. The van der Waals surface area contributed by atoms with E-state index < -0.39 is 0 Å². The van der Waals surface area contributed by atoms with Crippen LogP contribution >= 0.6 is 11.5 Å². The van der Waals surface area contributed by atoms with Crippen molar-refractivity contribution in [2.75, 3.05) is 30.7 Å². The number of nitrogens with one attached hydrogen (secondary N) is 1. The number of nitrogens with two attached hydrogens (primary N) is 1. The van der Waals surface area contributed by atoms with Crippen LogP contribution in [0.25, 0.3) is 0 Å². The Morgan fingerprint density at radius 1 is 1.50 bits per heavy atom. The Morgan fingerprint density at radius 3 is 3.06 bits per heavy atom. The monoisotopic (exact) mass is 268 g/mol. The summed E-state index contributed by atoms with van der Waals surface area (Å²) in [6.45, 7) is 4.93. The van der Waals surface area contributed by atoms with Crippen LogP contribution in [-0.2, 0) is 0 Å². The molecule has 2 fully saturated rings. The molecule has 18 heavy (non-hydrogen) atoms. The molecule has 1 aliphatic carbocycles. The number of anilines is 2. The third-order valence-corrected chi connectivity index (χ3v) is 4.35. The molecule has 2 heterocycles. The van der Waals surface area contributed by atoms with Crippen LogP contribution in [0.2, 0.25) is 0 Å².